The van der Waals surface area contributed by atoms with Crippen LogP contribution in [0.25, 0.3) is 0 Å². The molecular weight excluding hydrogens is 241 g/mol. The van der Waals surface area contributed by atoms with Crippen molar-refractivity contribution in [3.8, 4) is 5.75 Å². The maximum Gasteiger partial charge on any atom is 0.123 e. The first kappa shape index (κ1) is 14.3. The maximum absolute atomic E-state index is 13.4. The average Bonchev–Trinajstić information content (AvgIpc) is 2.26. The highest BCUT2D eigenvalue weighted by Crippen LogP contribution is 2.45. The summed E-state index contributed by atoms with van der Waals surface area (Å²) < 4.78 is 18.8. The third-order valence-electron chi connectivity index (χ3n) is 3.90. The zero-order valence-electron chi connectivity index (χ0n) is 12.3. The van der Waals surface area contributed by atoms with Gasteiger partial charge < -0.3 is 10.1 Å². The van der Waals surface area contributed by atoms with Crippen LogP contribution in [0.15, 0.2) is 18.2 Å². The largest absolute Gasteiger partial charge is 0.496 e. The van der Waals surface area contributed by atoms with E-state index in [1.165, 1.54) is 12.5 Å². The topological polar surface area (TPSA) is 21.3 Å². The molecule has 19 heavy (non-hydrogen) atoms. The molecule has 3 heteroatoms. The van der Waals surface area contributed by atoms with Crippen molar-refractivity contribution in [3.05, 3.63) is 29.6 Å². The summed E-state index contributed by atoms with van der Waals surface area (Å²) in [7, 11) is 1.65. The molecule has 0 saturated heterocycles. The van der Waals surface area contributed by atoms with Crippen LogP contribution in [-0.4, -0.2) is 19.2 Å². The lowest BCUT2D eigenvalue weighted by atomic mass is 9.69. The van der Waals surface area contributed by atoms with E-state index < -0.39 is 0 Å². The molecule has 1 fully saturated rings. The molecular formula is C16H24FNO. The number of nitrogens with one attached hydrogen (secondary N) is 1. The van der Waals surface area contributed by atoms with Crippen molar-refractivity contribution in [1.82, 2.24) is 5.32 Å². The van der Waals surface area contributed by atoms with Crippen molar-refractivity contribution in [3.63, 3.8) is 0 Å². The van der Waals surface area contributed by atoms with E-state index in [1.54, 1.807) is 19.2 Å². The van der Waals surface area contributed by atoms with Crippen LogP contribution in [0.2, 0.25) is 0 Å². The van der Waals surface area contributed by atoms with Gasteiger partial charge in [-0.05, 0) is 70.2 Å². The normalized spacial score (nSPS) is 23.0. The lowest BCUT2D eigenvalue weighted by molar-refractivity contribution is 0.221. The predicted octanol–water partition coefficient (Wildman–Crippen LogP) is 3.72. The van der Waals surface area contributed by atoms with E-state index in [4.69, 9.17) is 4.74 Å². The van der Waals surface area contributed by atoms with E-state index in [-0.39, 0.29) is 11.4 Å². The molecule has 0 radical (unpaired) electrons. The number of methoxy groups -OCH3 is 1. The number of hydrogen-bond acceptors (Lipinski definition) is 2. The Morgan fingerprint density at radius 1 is 1.32 bits per heavy atom. The first-order valence-corrected chi connectivity index (χ1v) is 6.99. The molecule has 1 aliphatic carbocycles. The monoisotopic (exact) mass is 265 g/mol. The summed E-state index contributed by atoms with van der Waals surface area (Å²) in [5.74, 6) is 1.63. The molecule has 2 unspecified atom stereocenters. The molecule has 0 heterocycles. The Morgan fingerprint density at radius 2 is 2.05 bits per heavy atom. The molecule has 1 N–H and O–H groups in total. The minimum Gasteiger partial charge on any atom is -0.496 e. The second-order valence-electron chi connectivity index (χ2n) is 6.46. The lowest BCUT2D eigenvalue weighted by Gasteiger charge is -2.39. The quantitative estimate of drug-likeness (QED) is 0.896. The molecule has 0 aromatic heterocycles. The Labute approximate surface area is 115 Å². The van der Waals surface area contributed by atoms with Crippen LogP contribution in [0.3, 0.4) is 0 Å². The van der Waals surface area contributed by atoms with Crippen molar-refractivity contribution < 1.29 is 9.13 Å². The minimum absolute atomic E-state index is 0.131. The summed E-state index contributed by atoms with van der Waals surface area (Å²) >= 11 is 0. The molecule has 1 saturated carbocycles. The van der Waals surface area contributed by atoms with Crippen LogP contribution >= 0.6 is 0 Å². The van der Waals surface area contributed by atoms with Crippen LogP contribution in [0.1, 0.15) is 45.1 Å². The van der Waals surface area contributed by atoms with E-state index in [2.05, 4.69) is 26.1 Å². The van der Waals surface area contributed by atoms with Crippen molar-refractivity contribution in [2.75, 3.05) is 13.7 Å². The smallest absolute Gasteiger partial charge is 0.123 e. The molecule has 2 rings (SSSR count). The summed E-state index contributed by atoms with van der Waals surface area (Å²) in [6.45, 7) is 7.49. The van der Waals surface area contributed by atoms with E-state index in [0.717, 1.165) is 24.3 Å². The fraction of sp³-hybridized carbons (Fsp3) is 0.625. The van der Waals surface area contributed by atoms with Crippen LogP contribution in [-0.2, 0) is 0 Å². The molecule has 0 amide bonds. The Bertz CT molecular complexity index is 439. The van der Waals surface area contributed by atoms with Crippen LogP contribution in [0.5, 0.6) is 5.75 Å². The van der Waals surface area contributed by atoms with Crippen molar-refractivity contribution in [1.29, 1.82) is 0 Å². The van der Waals surface area contributed by atoms with Gasteiger partial charge in [0.15, 0.2) is 0 Å². The molecule has 1 aromatic carbocycles. The third kappa shape index (κ3) is 3.47. The highest BCUT2D eigenvalue weighted by Gasteiger charge is 2.34. The molecule has 0 bridgehead atoms. The first-order valence-electron chi connectivity index (χ1n) is 6.99. The summed E-state index contributed by atoms with van der Waals surface area (Å²) in [5.41, 5.74) is 1.15. The fourth-order valence-electron chi connectivity index (χ4n) is 2.66. The van der Waals surface area contributed by atoms with Gasteiger partial charge in [-0.2, -0.15) is 0 Å². The zero-order valence-corrected chi connectivity index (χ0v) is 12.3. The lowest BCUT2D eigenvalue weighted by Crippen LogP contribution is -2.43. The number of rotatable bonds is 4. The van der Waals surface area contributed by atoms with Gasteiger partial charge >= 0.3 is 0 Å². The third-order valence-corrected chi connectivity index (χ3v) is 3.90. The Hall–Kier alpha value is -1.09. The second kappa shape index (κ2) is 5.49. The number of ether oxygens (including phenoxy) is 1. The molecule has 1 aromatic rings. The second-order valence-corrected chi connectivity index (χ2v) is 6.46. The number of benzene rings is 1. The van der Waals surface area contributed by atoms with Gasteiger partial charge in [-0.1, -0.05) is 0 Å². The molecule has 1 aliphatic rings. The van der Waals surface area contributed by atoms with Crippen molar-refractivity contribution in [2.45, 2.75) is 45.1 Å². The van der Waals surface area contributed by atoms with Crippen molar-refractivity contribution >= 4 is 0 Å². The number of hydrogen-bond donors (Lipinski definition) is 1. The van der Waals surface area contributed by atoms with Gasteiger partial charge in [0.2, 0.25) is 0 Å². The Kier molecular flexibility index (Phi) is 4.14. The molecule has 2 atom stereocenters. The standard InChI is InChI=1S/C16H24FNO/c1-16(2,3)18-10-11-5-7-13(11)14-9-12(17)6-8-15(14)19-4/h6,8-9,11,13,18H,5,7,10H2,1-4H3. The fourth-order valence-corrected chi connectivity index (χ4v) is 2.66. The van der Waals surface area contributed by atoms with Crippen LogP contribution in [0, 0.1) is 11.7 Å². The first-order chi connectivity index (χ1) is 8.90. The summed E-state index contributed by atoms with van der Waals surface area (Å²) in [6.07, 6.45) is 2.32. The highest BCUT2D eigenvalue weighted by atomic mass is 19.1. The molecule has 106 valence electrons. The Balaban J connectivity index is 2.08. The average molecular weight is 265 g/mol. The van der Waals surface area contributed by atoms with Gasteiger partial charge in [-0.15, -0.1) is 0 Å². The van der Waals surface area contributed by atoms with E-state index in [9.17, 15) is 4.39 Å². The highest BCUT2D eigenvalue weighted by molar-refractivity contribution is 5.38. The van der Waals surface area contributed by atoms with Gasteiger partial charge in [-0.25, -0.2) is 4.39 Å². The van der Waals surface area contributed by atoms with Gasteiger partial charge in [0.1, 0.15) is 11.6 Å². The number of halogens is 1. The Morgan fingerprint density at radius 3 is 2.58 bits per heavy atom. The maximum atomic E-state index is 13.4. The van der Waals surface area contributed by atoms with Crippen LogP contribution in [0.4, 0.5) is 4.39 Å². The zero-order chi connectivity index (χ0) is 14.0. The summed E-state index contributed by atoms with van der Waals surface area (Å²) in [4.78, 5) is 0. The predicted molar refractivity (Wildman–Crippen MR) is 76.2 cm³/mol. The minimum atomic E-state index is -0.176. The van der Waals surface area contributed by atoms with Crippen LogP contribution < -0.4 is 10.1 Å². The molecule has 0 aliphatic heterocycles. The van der Waals surface area contributed by atoms with Gasteiger partial charge in [0.05, 0.1) is 7.11 Å². The van der Waals surface area contributed by atoms with Gasteiger partial charge in [0, 0.05) is 11.1 Å². The molecule has 2 nitrogen and oxygen atoms in total. The van der Waals surface area contributed by atoms with E-state index >= 15 is 0 Å². The SMILES string of the molecule is COc1ccc(F)cc1C1CCC1CNC(C)(C)C. The van der Waals surface area contributed by atoms with E-state index in [1.807, 2.05) is 0 Å². The van der Waals surface area contributed by atoms with Crippen molar-refractivity contribution in [2.24, 2.45) is 5.92 Å². The molecule has 0 spiro atoms. The summed E-state index contributed by atoms with van der Waals surface area (Å²) in [5, 5.41) is 3.54. The van der Waals surface area contributed by atoms with Gasteiger partial charge in [0.25, 0.3) is 0 Å². The van der Waals surface area contributed by atoms with E-state index in [0.29, 0.717) is 11.8 Å². The van der Waals surface area contributed by atoms with Gasteiger partial charge in [-0.3, -0.25) is 0 Å². The summed E-state index contributed by atoms with van der Waals surface area (Å²) in [6, 6.07) is 4.83.